The van der Waals surface area contributed by atoms with Gasteiger partial charge in [0, 0.05) is 32.4 Å². The summed E-state index contributed by atoms with van der Waals surface area (Å²) in [6.45, 7) is 13.1. The first-order chi connectivity index (χ1) is 22.4. The van der Waals surface area contributed by atoms with Gasteiger partial charge in [0.15, 0.2) is 0 Å². The molecule has 1 aliphatic heterocycles. The normalized spacial score (nSPS) is 14.4. The standard InChI is InChI=1S/C32H38N2O4S.C2H6O.2C2H6/c1-23-9-6-7-13-27(23)29-19-25(14-15-28(29)31(35)33-30(32(36)37)16-18-39-2)20-34-17-8-12-26(34)22-38-21-24-10-4-3-5-11-24;1-3-2;2*1-2/h3-7,9-11,13-15,19,26,30H,8,12,16-18,20-22H2,1-2H3,(H,33,35)(H,36,37);1-2H3;2*1-2H3. The molecule has 1 aliphatic rings. The molecule has 0 bridgehead atoms. The van der Waals surface area contributed by atoms with Crippen molar-refractivity contribution in [1.82, 2.24) is 10.2 Å². The average Bonchev–Trinajstić information content (AvgIpc) is 3.52. The van der Waals surface area contributed by atoms with Crippen molar-refractivity contribution in [2.24, 2.45) is 0 Å². The van der Waals surface area contributed by atoms with Gasteiger partial charge in [0.2, 0.25) is 0 Å². The molecular weight excluding hydrogens is 596 g/mol. The quantitative estimate of drug-likeness (QED) is 0.193. The van der Waals surface area contributed by atoms with Crippen molar-refractivity contribution in [3.63, 3.8) is 0 Å². The van der Waals surface area contributed by atoms with Crippen molar-refractivity contribution >= 4 is 23.6 Å². The van der Waals surface area contributed by atoms with Crippen LogP contribution in [0.25, 0.3) is 11.1 Å². The fourth-order valence-electron chi connectivity index (χ4n) is 5.13. The van der Waals surface area contributed by atoms with Gasteiger partial charge in [-0.3, -0.25) is 9.69 Å². The van der Waals surface area contributed by atoms with Gasteiger partial charge in [-0.15, -0.1) is 0 Å². The second-order valence-electron chi connectivity index (χ2n) is 10.5. The van der Waals surface area contributed by atoms with Crippen molar-refractivity contribution in [3.05, 3.63) is 95.1 Å². The number of carbonyl (C=O) groups is 2. The highest BCUT2D eigenvalue weighted by atomic mass is 32.2. The van der Waals surface area contributed by atoms with Crippen molar-refractivity contribution < 1.29 is 24.2 Å². The molecule has 254 valence electrons. The lowest BCUT2D eigenvalue weighted by Gasteiger charge is -2.25. The fourth-order valence-corrected chi connectivity index (χ4v) is 5.60. The molecule has 2 unspecified atom stereocenters. The number of aliphatic carboxylic acids is 1. The Balaban J connectivity index is 0.00000140. The Bertz CT molecular complexity index is 1270. The smallest absolute Gasteiger partial charge is 0.326 e. The SMILES string of the molecule is CC.CC.COC.CSCCC(NC(=O)c1ccc(CN2CCCC2COCc2ccccc2)cc1-c1ccccc1C)C(=O)O. The van der Waals surface area contributed by atoms with E-state index in [0.717, 1.165) is 48.2 Å². The highest BCUT2D eigenvalue weighted by Gasteiger charge is 2.26. The van der Waals surface area contributed by atoms with Crippen LogP contribution in [-0.4, -0.2) is 73.3 Å². The van der Waals surface area contributed by atoms with Crippen molar-refractivity contribution in [2.45, 2.75) is 79.1 Å². The topological polar surface area (TPSA) is 88.1 Å². The van der Waals surface area contributed by atoms with Crippen molar-refractivity contribution in [2.75, 3.05) is 39.4 Å². The van der Waals surface area contributed by atoms with Crippen LogP contribution < -0.4 is 5.32 Å². The van der Waals surface area contributed by atoms with Gasteiger partial charge in [-0.25, -0.2) is 4.79 Å². The number of hydrogen-bond donors (Lipinski definition) is 2. The van der Waals surface area contributed by atoms with Crippen LogP contribution in [0.1, 0.15) is 74.0 Å². The Labute approximate surface area is 282 Å². The lowest BCUT2D eigenvalue weighted by Crippen LogP contribution is -2.41. The fraction of sp³-hybridized carbons (Fsp3) is 0.474. The minimum Gasteiger partial charge on any atom is -0.480 e. The molecule has 0 aliphatic carbocycles. The third kappa shape index (κ3) is 13.7. The number of ether oxygens (including phenoxy) is 2. The van der Waals surface area contributed by atoms with Gasteiger partial charge >= 0.3 is 5.97 Å². The predicted molar refractivity (Wildman–Crippen MR) is 194 cm³/mol. The van der Waals surface area contributed by atoms with E-state index in [2.05, 4.69) is 33.2 Å². The zero-order valence-corrected chi connectivity index (χ0v) is 30.0. The van der Waals surface area contributed by atoms with Crippen LogP contribution in [0.4, 0.5) is 0 Å². The number of nitrogens with zero attached hydrogens (tertiary/aromatic N) is 1. The molecule has 7 nitrogen and oxygen atoms in total. The third-order valence-electron chi connectivity index (χ3n) is 7.28. The Kier molecular flexibility index (Phi) is 21.4. The molecule has 46 heavy (non-hydrogen) atoms. The molecule has 1 amide bonds. The van der Waals surface area contributed by atoms with Gasteiger partial charge in [0.05, 0.1) is 13.2 Å². The van der Waals surface area contributed by atoms with E-state index in [-0.39, 0.29) is 5.91 Å². The summed E-state index contributed by atoms with van der Waals surface area (Å²) in [5.74, 6) is -0.713. The van der Waals surface area contributed by atoms with Gasteiger partial charge in [-0.05, 0) is 84.7 Å². The summed E-state index contributed by atoms with van der Waals surface area (Å²) in [6.07, 6.45) is 4.54. The summed E-state index contributed by atoms with van der Waals surface area (Å²) in [6, 6.07) is 23.6. The second-order valence-corrected chi connectivity index (χ2v) is 11.5. The van der Waals surface area contributed by atoms with Crippen LogP contribution in [0.3, 0.4) is 0 Å². The third-order valence-corrected chi connectivity index (χ3v) is 7.93. The van der Waals surface area contributed by atoms with Gasteiger partial charge < -0.3 is 19.9 Å². The van der Waals surface area contributed by atoms with E-state index >= 15 is 0 Å². The number of nitrogens with one attached hydrogen (secondary N) is 1. The molecule has 3 aromatic carbocycles. The maximum absolute atomic E-state index is 13.4. The summed E-state index contributed by atoms with van der Waals surface area (Å²) < 4.78 is 10.3. The van der Waals surface area contributed by atoms with Gasteiger partial charge in [0.1, 0.15) is 6.04 Å². The molecule has 2 atom stereocenters. The molecule has 2 N–H and O–H groups in total. The van der Waals surface area contributed by atoms with Gasteiger partial charge in [-0.2, -0.15) is 11.8 Å². The van der Waals surface area contributed by atoms with Gasteiger partial charge in [-0.1, -0.05) is 88.4 Å². The highest BCUT2D eigenvalue weighted by Crippen LogP contribution is 2.30. The largest absolute Gasteiger partial charge is 0.480 e. The van der Waals surface area contributed by atoms with E-state index in [1.165, 1.54) is 5.56 Å². The Hall–Kier alpha value is -3.17. The number of methoxy groups -OCH3 is 1. The molecule has 1 saturated heterocycles. The van der Waals surface area contributed by atoms with E-state index in [9.17, 15) is 14.7 Å². The first kappa shape index (κ1) is 40.9. The maximum atomic E-state index is 13.4. The zero-order valence-electron chi connectivity index (χ0n) is 29.2. The van der Waals surface area contributed by atoms with E-state index in [0.29, 0.717) is 37.0 Å². The summed E-state index contributed by atoms with van der Waals surface area (Å²) >= 11 is 1.56. The lowest BCUT2D eigenvalue weighted by molar-refractivity contribution is -0.139. The number of aryl methyl sites for hydroxylation is 1. The van der Waals surface area contributed by atoms with Crippen molar-refractivity contribution in [1.29, 1.82) is 0 Å². The first-order valence-corrected chi connectivity index (χ1v) is 17.7. The van der Waals surface area contributed by atoms with E-state index in [4.69, 9.17) is 4.74 Å². The minimum atomic E-state index is -1.01. The number of carbonyl (C=O) groups excluding carboxylic acids is 1. The van der Waals surface area contributed by atoms with E-state index in [1.807, 2.05) is 95.5 Å². The van der Waals surface area contributed by atoms with Gasteiger partial charge in [0.25, 0.3) is 5.91 Å². The number of benzene rings is 3. The molecule has 1 fully saturated rings. The number of hydrogen-bond acceptors (Lipinski definition) is 6. The first-order valence-electron chi connectivity index (χ1n) is 16.3. The number of thioether (sulfide) groups is 1. The molecule has 8 heteroatoms. The monoisotopic (exact) mass is 652 g/mol. The Morgan fingerprint density at radius 1 is 0.957 bits per heavy atom. The summed E-state index contributed by atoms with van der Waals surface area (Å²) in [4.78, 5) is 27.6. The summed E-state index contributed by atoms with van der Waals surface area (Å²) in [5, 5.41) is 12.4. The summed E-state index contributed by atoms with van der Waals surface area (Å²) in [7, 11) is 3.25. The molecule has 0 radical (unpaired) electrons. The number of carboxylic acid groups (broad SMARTS) is 1. The van der Waals surface area contributed by atoms with Crippen LogP contribution in [-0.2, 0) is 27.4 Å². The Morgan fingerprint density at radius 3 is 2.24 bits per heavy atom. The average molecular weight is 653 g/mol. The number of likely N-dealkylation sites (tertiary alicyclic amines) is 1. The Morgan fingerprint density at radius 2 is 1.61 bits per heavy atom. The molecule has 0 spiro atoms. The zero-order chi connectivity index (χ0) is 34.3. The molecule has 0 saturated carbocycles. The van der Waals surface area contributed by atoms with Crippen LogP contribution in [0.5, 0.6) is 0 Å². The van der Waals surface area contributed by atoms with Crippen LogP contribution in [0, 0.1) is 6.92 Å². The maximum Gasteiger partial charge on any atom is 0.326 e. The second kappa shape index (κ2) is 24.1. The lowest BCUT2D eigenvalue weighted by atomic mass is 9.93. The molecule has 0 aromatic heterocycles. The predicted octanol–water partition coefficient (Wildman–Crippen LogP) is 8.09. The highest BCUT2D eigenvalue weighted by molar-refractivity contribution is 7.98. The van der Waals surface area contributed by atoms with E-state index < -0.39 is 12.0 Å². The van der Waals surface area contributed by atoms with E-state index in [1.54, 1.807) is 26.0 Å². The molecular formula is C38H56N2O5S. The molecule has 4 rings (SSSR count). The van der Waals surface area contributed by atoms with Crippen molar-refractivity contribution in [3.8, 4) is 11.1 Å². The van der Waals surface area contributed by atoms with Crippen LogP contribution >= 0.6 is 11.8 Å². The number of rotatable bonds is 13. The van der Waals surface area contributed by atoms with Crippen LogP contribution in [0.2, 0.25) is 0 Å². The number of amides is 1. The summed E-state index contributed by atoms with van der Waals surface area (Å²) in [5.41, 5.74) is 5.66. The molecule has 1 heterocycles. The molecule has 3 aromatic rings. The van der Waals surface area contributed by atoms with Crippen LogP contribution in [0.15, 0.2) is 72.8 Å². The number of carboxylic acids is 1. The minimum absolute atomic E-state index is 0.353.